The third kappa shape index (κ3) is 3.30. The standard InChI is InChI=1S/C19H21NO2/c1-15-11-13-20(14-12-15)19(21)22-18-10-6-5-9-17(18)16-7-3-2-4-8-16/h2-10,15H,11-14H2,1H3. The fourth-order valence-corrected chi connectivity index (χ4v) is 2.76. The van der Waals surface area contributed by atoms with E-state index in [0.717, 1.165) is 37.1 Å². The lowest BCUT2D eigenvalue weighted by Crippen LogP contribution is -2.39. The number of para-hydroxylation sites is 1. The van der Waals surface area contributed by atoms with Crippen molar-refractivity contribution in [2.45, 2.75) is 19.8 Å². The lowest BCUT2D eigenvalue weighted by atomic mass is 10.00. The number of likely N-dealkylation sites (tertiary alicyclic amines) is 1. The summed E-state index contributed by atoms with van der Waals surface area (Å²) in [5.74, 6) is 1.32. The average molecular weight is 295 g/mol. The first kappa shape index (κ1) is 14.6. The molecule has 0 bridgehead atoms. The average Bonchev–Trinajstić information content (AvgIpc) is 2.57. The number of ether oxygens (including phenoxy) is 1. The normalized spacial score (nSPS) is 15.6. The maximum absolute atomic E-state index is 12.4. The molecule has 1 aliphatic rings. The van der Waals surface area contributed by atoms with E-state index in [9.17, 15) is 4.79 Å². The Morgan fingerprint density at radius 1 is 1.00 bits per heavy atom. The Morgan fingerprint density at radius 2 is 1.64 bits per heavy atom. The maximum Gasteiger partial charge on any atom is 0.415 e. The first-order chi connectivity index (χ1) is 10.7. The number of piperidine rings is 1. The van der Waals surface area contributed by atoms with Crippen LogP contribution in [0.15, 0.2) is 54.6 Å². The highest BCUT2D eigenvalue weighted by Gasteiger charge is 2.22. The van der Waals surface area contributed by atoms with Gasteiger partial charge < -0.3 is 9.64 Å². The van der Waals surface area contributed by atoms with Crippen molar-refractivity contribution < 1.29 is 9.53 Å². The number of nitrogens with zero attached hydrogens (tertiary/aromatic N) is 1. The van der Waals surface area contributed by atoms with Crippen molar-refractivity contribution >= 4 is 6.09 Å². The van der Waals surface area contributed by atoms with Crippen LogP contribution in [0, 0.1) is 5.92 Å². The number of amides is 1. The Morgan fingerprint density at radius 3 is 2.36 bits per heavy atom. The summed E-state index contributed by atoms with van der Waals surface area (Å²) in [5.41, 5.74) is 2.00. The lowest BCUT2D eigenvalue weighted by Gasteiger charge is -2.29. The van der Waals surface area contributed by atoms with Gasteiger partial charge in [0.05, 0.1) is 0 Å². The van der Waals surface area contributed by atoms with Crippen molar-refractivity contribution in [3.05, 3.63) is 54.6 Å². The Labute approximate surface area is 131 Å². The van der Waals surface area contributed by atoms with Crippen LogP contribution in [0.4, 0.5) is 4.79 Å². The summed E-state index contributed by atoms with van der Waals surface area (Å²) in [6.45, 7) is 3.80. The van der Waals surface area contributed by atoms with Gasteiger partial charge in [-0.25, -0.2) is 4.79 Å². The summed E-state index contributed by atoms with van der Waals surface area (Å²) in [4.78, 5) is 14.2. The molecule has 1 aliphatic heterocycles. The molecular formula is C19H21NO2. The van der Waals surface area contributed by atoms with Crippen molar-refractivity contribution in [1.82, 2.24) is 4.90 Å². The van der Waals surface area contributed by atoms with Crippen LogP contribution in [-0.4, -0.2) is 24.1 Å². The van der Waals surface area contributed by atoms with Crippen LogP contribution in [-0.2, 0) is 0 Å². The maximum atomic E-state index is 12.4. The molecule has 2 aromatic rings. The molecule has 1 heterocycles. The first-order valence-corrected chi connectivity index (χ1v) is 7.85. The Balaban J connectivity index is 1.77. The fraction of sp³-hybridized carbons (Fsp3) is 0.316. The highest BCUT2D eigenvalue weighted by molar-refractivity contribution is 5.77. The van der Waals surface area contributed by atoms with Crippen LogP contribution >= 0.6 is 0 Å². The van der Waals surface area contributed by atoms with Gasteiger partial charge in [-0.15, -0.1) is 0 Å². The molecule has 2 aromatic carbocycles. The van der Waals surface area contributed by atoms with Gasteiger partial charge in [0.2, 0.25) is 0 Å². The van der Waals surface area contributed by atoms with Crippen LogP contribution < -0.4 is 4.74 Å². The molecule has 1 fully saturated rings. The molecule has 0 aliphatic carbocycles. The van der Waals surface area contributed by atoms with Crippen molar-refractivity contribution in [1.29, 1.82) is 0 Å². The number of hydrogen-bond acceptors (Lipinski definition) is 2. The quantitative estimate of drug-likeness (QED) is 0.811. The molecule has 0 aromatic heterocycles. The Bertz CT molecular complexity index is 631. The van der Waals surface area contributed by atoms with Gasteiger partial charge in [0.15, 0.2) is 0 Å². The molecular weight excluding hydrogens is 274 g/mol. The SMILES string of the molecule is CC1CCN(C(=O)Oc2ccccc2-c2ccccc2)CC1. The summed E-state index contributed by atoms with van der Waals surface area (Å²) < 4.78 is 5.66. The van der Waals surface area contributed by atoms with E-state index in [2.05, 4.69) is 6.92 Å². The van der Waals surface area contributed by atoms with E-state index >= 15 is 0 Å². The predicted molar refractivity (Wildman–Crippen MR) is 87.9 cm³/mol. The van der Waals surface area contributed by atoms with Crippen molar-refractivity contribution in [2.24, 2.45) is 5.92 Å². The summed E-state index contributed by atoms with van der Waals surface area (Å²) >= 11 is 0. The number of benzene rings is 2. The smallest absolute Gasteiger partial charge is 0.410 e. The summed E-state index contributed by atoms with van der Waals surface area (Å²) in [5, 5.41) is 0. The van der Waals surface area contributed by atoms with Gasteiger partial charge in [-0.05, 0) is 30.4 Å². The van der Waals surface area contributed by atoms with Crippen LogP contribution in [0.25, 0.3) is 11.1 Å². The zero-order chi connectivity index (χ0) is 15.4. The van der Waals surface area contributed by atoms with Crippen LogP contribution in [0.5, 0.6) is 5.75 Å². The molecule has 3 rings (SSSR count). The van der Waals surface area contributed by atoms with Crippen LogP contribution in [0.1, 0.15) is 19.8 Å². The van der Waals surface area contributed by atoms with Crippen LogP contribution in [0.3, 0.4) is 0 Å². The van der Waals surface area contributed by atoms with Crippen LogP contribution in [0.2, 0.25) is 0 Å². The Hall–Kier alpha value is -2.29. The number of carbonyl (C=O) groups excluding carboxylic acids is 1. The van der Waals surface area contributed by atoms with Gasteiger partial charge in [0.25, 0.3) is 0 Å². The molecule has 114 valence electrons. The van der Waals surface area contributed by atoms with Gasteiger partial charge in [-0.1, -0.05) is 55.5 Å². The topological polar surface area (TPSA) is 29.5 Å². The predicted octanol–water partition coefficient (Wildman–Crippen LogP) is 4.58. The second kappa shape index (κ2) is 6.65. The molecule has 0 saturated carbocycles. The van der Waals surface area contributed by atoms with E-state index in [1.165, 1.54) is 0 Å². The molecule has 3 heteroatoms. The molecule has 0 N–H and O–H groups in total. The van der Waals surface area contributed by atoms with Crippen molar-refractivity contribution in [2.75, 3.05) is 13.1 Å². The summed E-state index contributed by atoms with van der Waals surface area (Å²) in [6.07, 6.45) is 1.86. The van der Waals surface area contributed by atoms with E-state index in [4.69, 9.17) is 4.74 Å². The molecule has 22 heavy (non-hydrogen) atoms. The van der Waals surface area contributed by atoms with Crippen molar-refractivity contribution in [3.8, 4) is 16.9 Å². The van der Waals surface area contributed by atoms with E-state index in [1.54, 1.807) is 0 Å². The van der Waals surface area contributed by atoms with E-state index in [0.29, 0.717) is 11.7 Å². The van der Waals surface area contributed by atoms with E-state index < -0.39 is 0 Å². The molecule has 1 saturated heterocycles. The number of carbonyl (C=O) groups is 1. The first-order valence-electron chi connectivity index (χ1n) is 7.85. The Kier molecular flexibility index (Phi) is 4.42. The van der Waals surface area contributed by atoms with Gasteiger partial charge in [-0.3, -0.25) is 0 Å². The molecule has 1 amide bonds. The largest absolute Gasteiger partial charge is 0.415 e. The second-order valence-corrected chi connectivity index (χ2v) is 5.90. The number of rotatable bonds is 2. The zero-order valence-corrected chi connectivity index (χ0v) is 12.9. The monoisotopic (exact) mass is 295 g/mol. The fourth-order valence-electron chi connectivity index (χ4n) is 2.76. The molecule has 3 nitrogen and oxygen atoms in total. The zero-order valence-electron chi connectivity index (χ0n) is 12.9. The van der Waals surface area contributed by atoms with Crippen molar-refractivity contribution in [3.63, 3.8) is 0 Å². The van der Waals surface area contributed by atoms with E-state index in [-0.39, 0.29) is 6.09 Å². The lowest BCUT2D eigenvalue weighted by molar-refractivity contribution is 0.133. The minimum absolute atomic E-state index is 0.240. The summed E-state index contributed by atoms with van der Waals surface area (Å²) in [7, 11) is 0. The second-order valence-electron chi connectivity index (χ2n) is 5.90. The minimum atomic E-state index is -0.240. The molecule has 0 unspecified atom stereocenters. The third-order valence-corrected chi connectivity index (χ3v) is 4.21. The molecule has 0 radical (unpaired) electrons. The summed E-state index contributed by atoms with van der Waals surface area (Å²) in [6, 6.07) is 17.7. The third-order valence-electron chi connectivity index (χ3n) is 4.21. The highest BCUT2D eigenvalue weighted by atomic mass is 16.6. The molecule has 0 spiro atoms. The van der Waals surface area contributed by atoms with Gasteiger partial charge in [0.1, 0.15) is 5.75 Å². The van der Waals surface area contributed by atoms with Gasteiger partial charge in [0, 0.05) is 18.7 Å². The molecule has 0 atom stereocenters. The van der Waals surface area contributed by atoms with E-state index in [1.807, 2.05) is 59.5 Å². The highest BCUT2D eigenvalue weighted by Crippen LogP contribution is 2.30. The van der Waals surface area contributed by atoms with Gasteiger partial charge in [-0.2, -0.15) is 0 Å². The van der Waals surface area contributed by atoms with Gasteiger partial charge >= 0.3 is 6.09 Å². The number of hydrogen-bond donors (Lipinski definition) is 0. The minimum Gasteiger partial charge on any atom is -0.410 e.